The summed E-state index contributed by atoms with van der Waals surface area (Å²) in [6, 6.07) is 23.7. The number of carbonyl (C=O) groups excluding carboxylic acids is 1. The number of carbonyl (C=O) groups is 1. The second-order valence-corrected chi connectivity index (χ2v) is 7.53. The molecule has 0 spiro atoms. The maximum atomic E-state index is 12.3. The lowest BCUT2D eigenvalue weighted by atomic mass is 10.1. The fraction of sp³-hybridized carbons (Fsp3) is 0.261. The number of hydrogen-bond acceptors (Lipinski definition) is 5. The van der Waals surface area contributed by atoms with E-state index in [1.54, 1.807) is 6.07 Å². The van der Waals surface area contributed by atoms with Crippen molar-refractivity contribution >= 4 is 17.4 Å². The van der Waals surface area contributed by atoms with Crippen LogP contribution in [0.3, 0.4) is 0 Å². The SMILES string of the molecule is CC1CN(Cc2ccccc2)CC1Nc1ccc(C(=O)Nc2ccccc2)nn1. The topological polar surface area (TPSA) is 70.2 Å². The molecule has 6 nitrogen and oxygen atoms in total. The minimum Gasteiger partial charge on any atom is -0.364 e. The van der Waals surface area contributed by atoms with Crippen LogP contribution < -0.4 is 10.6 Å². The van der Waals surface area contributed by atoms with E-state index in [4.69, 9.17) is 0 Å². The molecule has 1 amide bonds. The fourth-order valence-corrected chi connectivity index (χ4v) is 3.66. The van der Waals surface area contributed by atoms with Crippen molar-refractivity contribution in [1.82, 2.24) is 15.1 Å². The van der Waals surface area contributed by atoms with Crippen molar-refractivity contribution in [3.63, 3.8) is 0 Å². The summed E-state index contributed by atoms with van der Waals surface area (Å²) in [6.45, 7) is 5.19. The van der Waals surface area contributed by atoms with Crippen molar-refractivity contribution in [3.8, 4) is 0 Å². The van der Waals surface area contributed by atoms with E-state index < -0.39 is 0 Å². The molecule has 1 aromatic heterocycles. The first-order chi connectivity index (χ1) is 14.2. The van der Waals surface area contributed by atoms with Gasteiger partial charge in [-0.05, 0) is 35.7 Å². The van der Waals surface area contributed by atoms with Gasteiger partial charge in [-0.15, -0.1) is 10.2 Å². The van der Waals surface area contributed by atoms with Gasteiger partial charge in [-0.2, -0.15) is 0 Å². The number of rotatable bonds is 6. The number of amides is 1. The summed E-state index contributed by atoms with van der Waals surface area (Å²) in [6.07, 6.45) is 0. The van der Waals surface area contributed by atoms with Crippen LogP contribution in [0.25, 0.3) is 0 Å². The molecule has 2 aromatic carbocycles. The van der Waals surface area contributed by atoms with Crippen LogP contribution in [-0.2, 0) is 6.54 Å². The standard InChI is InChI=1S/C23H25N5O/c1-17-14-28(15-18-8-4-2-5-9-18)16-21(17)25-22-13-12-20(26-27-22)23(29)24-19-10-6-3-7-11-19/h2-13,17,21H,14-16H2,1H3,(H,24,29)(H,25,27). The van der Waals surface area contributed by atoms with Crippen LogP contribution >= 0.6 is 0 Å². The molecule has 1 aliphatic rings. The second kappa shape index (κ2) is 8.84. The van der Waals surface area contributed by atoms with Gasteiger partial charge in [0.15, 0.2) is 5.69 Å². The molecule has 0 aliphatic carbocycles. The first-order valence-corrected chi connectivity index (χ1v) is 9.90. The average Bonchev–Trinajstić information content (AvgIpc) is 3.08. The molecule has 4 rings (SSSR count). The number of likely N-dealkylation sites (tertiary alicyclic amines) is 1. The number of anilines is 2. The molecule has 6 heteroatoms. The zero-order valence-electron chi connectivity index (χ0n) is 16.5. The Morgan fingerprint density at radius 2 is 1.69 bits per heavy atom. The molecule has 0 bridgehead atoms. The van der Waals surface area contributed by atoms with Crippen LogP contribution in [0.4, 0.5) is 11.5 Å². The smallest absolute Gasteiger partial charge is 0.276 e. The van der Waals surface area contributed by atoms with Gasteiger partial charge in [0.1, 0.15) is 5.82 Å². The highest BCUT2D eigenvalue weighted by molar-refractivity contribution is 6.02. The van der Waals surface area contributed by atoms with Crippen molar-refractivity contribution in [2.45, 2.75) is 19.5 Å². The van der Waals surface area contributed by atoms with Gasteiger partial charge in [-0.25, -0.2) is 0 Å². The summed E-state index contributed by atoms with van der Waals surface area (Å²) < 4.78 is 0. The lowest BCUT2D eigenvalue weighted by molar-refractivity contribution is 0.102. The van der Waals surface area contributed by atoms with Crippen LogP contribution in [0.5, 0.6) is 0 Å². The zero-order valence-corrected chi connectivity index (χ0v) is 16.5. The number of para-hydroxylation sites is 1. The Hall–Kier alpha value is -3.25. The molecule has 29 heavy (non-hydrogen) atoms. The van der Waals surface area contributed by atoms with Crippen LogP contribution in [-0.4, -0.2) is 40.1 Å². The Balaban J connectivity index is 1.33. The Bertz CT molecular complexity index is 931. The Labute approximate surface area is 171 Å². The highest BCUT2D eigenvalue weighted by atomic mass is 16.1. The van der Waals surface area contributed by atoms with Crippen LogP contribution in [0.15, 0.2) is 72.8 Å². The van der Waals surface area contributed by atoms with Crippen LogP contribution in [0, 0.1) is 5.92 Å². The zero-order chi connectivity index (χ0) is 20.1. The normalized spacial score (nSPS) is 19.1. The lowest BCUT2D eigenvalue weighted by Crippen LogP contribution is -2.28. The highest BCUT2D eigenvalue weighted by Crippen LogP contribution is 2.22. The summed E-state index contributed by atoms with van der Waals surface area (Å²) in [7, 11) is 0. The Morgan fingerprint density at radius 1 is 0.966 bits per heavy atom. The predicted octanol–water partition coefficient (Wildman–Crippen LogP) is 3.66. The molecule has 2 N–H and O–H groups in total. The third-order valence-electron chi connectivity index (χ3n) is 5.20. The molecule has 2 heterocycles. The molecule has 1 saturated heterocycles. The predicted molar refractivity (Wildman–Crippen MR) is 115 cm³/mol. The molecule has 3 aromatic rings. The minimum absolute atomic E-state index is 0.265. The van der Waals surface area contributed by atoms with E-state index >= 15 is 0 Å². The maximum absolute atomic E-state index is 12.3. The summed E-state index contributed by atoms with van der Waals surface area (Å²) in [5.41, 5.74) is 2.36. The second-order valence-electron chi connectivity index (χ2n) is 7.53. The molecule has 2 atom stereocenters. The van der Waals surface area contributed by atoms with Crippen molar-refractivity contribution in [2.24, 2.45) is 5.92 Å². The first-order valence-electron chi connectivity index (χ1n) is 9.90. The summed E-state index contributed by atoms with van der Waals surface area (Å²) in [5, 5.41) is 14.6. The van der Waals surface area contributed by atoms with Gasteiger partial charge in [0, 0.05) is 31.4 Å². The van der Waals surface area contributed by atoms with E-state index in [0.29, 0.717) is 23.5 Å². The van der Waals surface area contributed by atoms with Crippen molar-refractivity contribution < 1.29 is 4.79 Å². The van der Waals surface area contributed by atoms with E-state index in [1.807, 2.05) is 42.5 Å². The molecule has 0 radical (unpaired) electrons. The van der Waals surface area contributed by atoms with Crippen molar-refractivity contribution in [3.05, 3.63) is 84.1 Å². The van der Waals surface area contributed by atoms with Crippen molar-refractivity contribution in [2.75, 3.05) is 23.7 Å². The lowest BCUT2D eigenvalue weighted by Gasteiger charge is -2.17. The van der Waals surface area contributed by atoms with E-state index in [-0.39, 0.29) is 5.91 Å². The van der Waals surface area contributed by atoms with Gasteiger partial charge in [-0.1, -0.05) is 55.5 Å². The van der Waals surface area contributed by atoms with Crippen LogP contribution in [0.1, 0.15) is 23.0 Å². The van der Waals surface area contributed by atoms with Gasteiger partial charge in [0.2, 0.25) is 0 Å². The van der Waals surface area contributed by atoms with Gasteiger partial charge in [-0.3, -0.25) is 9.69 Å². The largest absolute Gasteiger partial charge is 0.364 e. The van der Waals surface area contributed by atoms with E-state index in [9.17, 15) is 4.79 Å². The number of hydrogen-bond donors (Lipinski definition) is 2. The molecular formula is C23H25N5O. The fourth-order valence-electron chi connectivity index (χ4n) is 3.66. The summed E-state index contributed by atoms with van der Waals surface area (Å²) in [4.78, 5) is 14.7. The van der Waals surface area contributed by atoms with Gasteiger partial charge >= 0.3 is 0 Å². The third-order valence-corrected chi connectivity index (χ3v) is 5.20. The Morgan fingerprint density at radius 3 is 2.38 bits per heavy atom. The van der Waals surface area contributed by atoms with E-state index in [2.05, 4.69) is 56.9 Å². The minimum atomic E-state index is -0.265. The highest BCUT2D eigenvalue weighted by Gasteiger charge is 2.29. The molecule has 1 fully saturated rings. The van der Waals surface area contributed by atoms with E-state index in [0.717, 1.165) is 25.3 Å². The third kappa shape index (κ3) is 4.97. The molecular weight excluding hydrogens is 362 g/mol. The quantitative estimate of drug-likeness (QED) is 0.675. The van der Waals surface area contributed by atoms with Crippen molar-refractivity contribution in [1.29, 1.82) is 0 Å². The van der Waals surface area contributed by atoms with E-state index in [1.165, 1.54) is 5.56 Å². The number of nitrogens with one attached hydrogen (secondary N) is 2. The molecule has 0 saturated carbocycles. The molecule has 1 aliphatic heterocycles. The number of benzene rings is 2. The molecule has 148 valence electrons. The monoisotopic (exact) mass is 387 g/mol. The number of aromatic nitrogens is 2. The Kier molecular flexibility index (Phi) is 5.81. The van der Waals surface area contributed by atoms with Gasteiger partial charge in [0.05, 0.1) is 0 Å². The summed E-state index contributed by atoms with van der Waals surface area (Å²) in [5.74, 6) is 0.930. The molecule has 2 unspecified atom stereocenters. The average molecular weight is 387 g/mol. The number of nitrogens with zero attached hydrogens (tertiary/aromatic N) is 3. The van der Waals surface area contributed by atoms with Crippen LogP contribution in [0.2, 0.25) is 0 Å². The van der Waals surface area contributed by atoms with Gasteiger partial charge < -0.3 is 10.6 Å². The first kappa shape index (κ1) is 19.1. The summed E-state index contributed by atoms with van der Waals surface area (Å²) >= 11 is 0. The van der Waals surface area contributed by atoms with Gasteiger partial charge in [0.25, 0.3) is 5.91 Å². The maximum Gasteiger partial charge on any atom is 0.276 e.